The molecule has 0 aliphatic rings. The van der Waals surface area contributed by atoms with Gasteiger partial charge in [0.25, 0.3) is 0 Å². The lowest BCUT2D eigenvalue weighted by atomic mass is 10.1. The molecule has 1 rings (SSSR count). The number of carbonyl (C=O) groups is 2. The minimum absolute atomic E-state index is 0.0144. The molecule has 2 amide bonds. The summed E-state index contributed by atoms with van der Waals surface area (Å²) in [5.41, 5.74) is 1.92. The van der Waals surface area contributed by atoms with E-state index in [1.54, 1.807) is 7.05 Å². The summed E-state index contributed by atoms with van der Waals surface area (Å²) in [4.78, 5) is 22.4. The Bertz CT molecular complexity index is 478. The molecule has 134 valence electrons. The molecule has 1 aromatic carbocycles. The second kappa shape index (κ2) is 12.5. The quantitative estimate of drug-likeness (QED) is 0.259. The number of nitrogens with one attached hydrogen (secondary N) is 5. The predicted octanol–water partition coefficient (Wildman–Crippen LogP) is 0.0483. The van der Waals surface area contributed by atoms with Crippen LogP contribution in [0.4, 0.5) is 5.69 Å². The Hall–Kier alpha value is -1.96. The molecule has 7 heteroatoms. The van der Waals surface area contributed by atoms with Crippen LogP contribution in [-0.4, -0.2) is 52.1 Å². The first kappa shape index (κ1) is 20.1. The molecule has 24 heavy (non-hydrogen) atoms. The van der Waals surface area contributed by atoms with E-state index in [2.05, 4.69) is 26.6 Å². The lowest BCUT2D eigenvalue weighted by Gasteiger charge is -2.16. The van der Waals surface area contributed by atoms with Gasteiger partial charge in [0.1, 0.15) is 0 Å². The molecule has 1 unspecified atom stereocenters. The average Bonchev–Trinajstić information content (AvgIpc) is 2.60. The molecule has 0 bridgehead atoms. The third-order valence-corrected chi connectivity index (χ3v) is 3.66. The first-order valence-corrected chi connectivity index (χ1v) is 8.30. The summed E-state index contributed by atoms with van der Waals surface area (Å²) in [7, 11) is 3.71. The summed E-state index contributed by atoms with van der Waals surface area (Å²) in [6.45, 7) is 2.94. The number of benzene rings is 1. The highest BCUT2D eigenvalue weighted by Gasteiger charge is 2.15. The summed E-state index contributed by atoms with van der Waals surface area (Å²) >= 11 is 0. The summed E-state index contributed by atoms with van der Waals surface area (Å²) < 4.78 is 0. The first-order chi connectivity index (χ1) is 11.7. The highest BCUT2D eigenvalue weighted by atomic mass is 16.2. The highest BCUT2D eigenvalue weighted by Crippen LogP contribution is 2.10. The van der Waals surface area contributed by atoms with Crippen LogP contribution in [0.1, 0.15) is 18.4 Å². The van der Waals surface area contributed by atoms with Gasteiger partial charge in [-0.15, -0.1) is 0 Å². The third-order valence-electron chi connectivity index (χ3n) is 3.66. The first-order valence-electron chi connectivity index (χ1n) is 8.30. The predicted molar refractivity (Wildman–Crippen MR) is 96.9 cm³/mol. The number of anilines is 1. The molecule has 5 N–H and O–H groups in total. The molecule has 0 fully saturated rings. The molecule has 0 saturated heterocycles. The SMILES string of the molecule is CNCCCC(NC)C(=O)Nc1ccc(CNCCNC=O)cc1. The fourth-order valence-electron chi connectivity index (χ4n) is 2.28. The average molecular weight is 335 g/mol. The van der Waals surface area contributed by atoms with Gasteiger partial charge in [-0.25, -0.2) is 0 Å². The van der Waals surface area contributed by atoms with Gasteiger partial charge in [-0.2, -0.15) is 0 Å². The van der Waals surface area contributed by atoms with E-state index in [9.17, 15) is 9.59 Å². The van der Waals surface area contributed by atoms with Crippen molar-refractivity contribution in [3.63, 3.8) is 0 Å². The Morgan fingerprint density at radius 3 is 2.50 bits per heavy atom. The topological polar surface area (TPSA) is 94.3 Å². The van der Waals surface area contributed by atoms with Crippen LogP contribution in [0.3, 0.4) is 0 Å². The van der Waals surface area contributed by atoms with Gasteiger partial charge < -0.3 is 26.6 Å². The van der Waals surface area contributed by atoms with Crippen molar-refractivity contribution >= 4 is 18.0 Å². The molecule has 0 spiro atoms. The van der Waals surface area contributed by atoms with E-state index in [4.69, 9.17) is 0 Å². The fourth-order valence-corrected chi connectivity index (χ4v) is 2.28. The molecule has 7 nitrogen and oxygen atoms in total. The molecule has 1 aromatic rings. The normalized spacial score (nSPS) is 11.8. The van der Waals surface area contributed by atoms with E-state index in [0.29, 0.717) is 19.5 Å². The van der Waals surface area contributed by atoms with E-state index in [0.717, 1.165) is 37.2 Å². The largest absolute Gasteiger partial charge is 0.357 e. The van der Waals surface area contributed by atoms with Gasteiger partial charge >= 0.3 is 0 Å². The Balaban J connectivity index is 2.39. The molecular formula is C17H29N5O2. The van der Waals surface area contributed by atoms with E-state index in [-0.39, 0.29) is 11.9 Å². The van der Waals surface area contributed by atoms with Crippen LogP contribution >= 0.6 is 0 Å². The number of hydrogen-bond donors (Lipinski definition) is 5. The molecule has 0 saturated carbocycles. The van der Waals surface area contributed by atoms with Crippen LogP contribution in [0, 0.1) is 0 Å². The number of hydrogen-bond acceptors (Lipinski definition) is 5. The van der Waals surface area contributed by atoms with Crippen LogP contribution in [0.25, 0.3) is 0 Å². The zero-order valence-corrected chi connectivity index (χ0v) is 14.5. The van der Waals surface area contributed by atoms with E-state index < -0.39 is 0 Å². The van der Waals surface area contributed by atoms with Gasteiger partial charge in [0.15, 0.2) is 0 Å². The van der Waals surface area contributed by atoms with Crippen molar-refractivity contribution < 1.29 is 9.59 Å². The Kier molecular flexibility index (Phi) is 10.4. The van der Waals surface area contributed by atoms with Crippen LogP contribution in [0.2, 0.25) is 0 Å². The second-order valence-corrected chi connectivity index (χ2v) is 5.52. The molecule has 0 radical (unpaired) electrons. The summed E-state index contributed by atoms with van der Waals surface area (Å²) in [5.74, 6) is -0.0144. The van der Waals surface area contributed by atoms with Crippen molar-refractivity contribution in [2.75, 3.05) is 39.0 Å². The van der Waals surface area contributed by atoms with Crippen molar-refractivity contribution in [1.82, 2.24) is 21.3 Å². The van der Waals surface area contributed by atoms with Gasteiger partial charge in [-0.1, -0.05) is 12.1 Å². The van der Waals surface area contributed by atoms with Crippen LogP contribution in [0.5, 0.6) is 0 Å². The van der Waals surface area contributed by atoms with E-state index >= 15 is 0 Å². The minimum Gasteiger partial charge on any atom is -0.357 e. The van der Waals surface area contributed by atoms with Crippen molar-refractivity contribution in [1.29, 1.82) is 0 Å². The highest BCUT2D eigenvalue weighted by molar-refractivity contribution is 5.94. The van der Waals surface area contributed by atoms with Gasteiger partial charge in [-0.3, -0.25) is 9.59 Å². The maximum absolute atomic E-state index is 12.3. The molecular weight excluding hydrogens is 306 g/mol. The minimum atomic E-state index is -0.190. The fraction of sp³-hybridized carbons (Fsp3) is 0.529. The maximum atomic E-state index is 12.3. The molecule has 0 heterocycles. The molecule has 0 aromatic heterocycles. The standard InChI is InChI=1S/C17H29N5O2/c1-18-9-3-4-16(19-2)17(24)22-15-7-5-14(6-8-15)12-20-10-11-21-13-23/h5-8,13,16,18-20H,3-4,9-12H2,1-2H3,(H,21,23)(H,22,24). The lowest BCUT2D eigenvalue weighted by Crippen LogP contribution is -2.38. The van der Waals surface area contributed by atoms with Crippen molar-refractivity contribution in [2.45, 2.75) is 25.4 Å². The third kappa shape index (κ3) is 8.05. The molecule has 1 atom stereocenters. The number of likely N-dealkylation sites (N-methyl/N-ethyl adjacent to an activating group) is 1. The Labute approximate surface area is 144 Å². The number of amides is 2. The van der Waals surface area contributed by atoms with E-state index in [1.807, 2.05) is 31.3 Å². The maximum Gasteiger partial charge on any atom is 0.241 e. The zero-order chi connectivity index (χ0) is 17.6. The Morgan fingerprint density at radius 1 is 1.12 bits per heavy atom. The van der Waals surface area contributed by atoms with Crippen molar-refractivity contribution in [3.05, 3.63) is 29.8 Å². The monoisotopic (exact) mass is 335 g/mol. The number of carbonyl (C=O) groups excluding carboxylic acids is 2. The van der Waals surface area contributed by atoms with Crippen LogP contribution < -0.4 is 26.6 Å². The molecule has 0 aliphatic carbocycles. The van der Waals surface area contributed by atoms with E-state index in [1.165, 1.54) is 0 Å². The number of rotatable bonds is 13. The summed E-state index contributed by atoms with van der Waals surface area (Å²) in [5, 5.41) is 14.9. The lowest BCUT2D eigenvalue weighted by molar-refractivity contribution is -0.118. The van der Waals surface area contributed by atoms with Gasteiger partial charge in [0.2, 0.25) is 12.3 Å². The zero-order valence-electron chi connectivity index (χ0n) is 14.5. The second-order valence-electron chi connectivity index (χ2n) is 5.52. The van der Waals surface area contributed by atoms with Gasteiger partial charge in [0, 0.05) is 25.3 Å². The van der Waals surface area contributed by atoms with Gasteiger partial charge in [0.05, 0.1) is 6.04 Å². The van der Waals surface area contributed by atoms with Crippen molar-refractivity contribution in [2.24, 2.45) is 0 Å². The summed E-state index contributed by atoms with van der Waals surface area (Å²) in [6, 6.07) is 7.57. The van der Waals surface area contributed by atoms with Crippen LogP contribution in [0.15, 0.2) is 24.3 Å². The Morgan fingerprint density at radius 2 is 1.88 bits per heavy atom. The van der Waals surface area contributed by atoms with Crippen LogP contribution in [-0.2, 0) is 16.1 Å². The van der Waals surface area contributed by atoms with Crippen molar-refractivity contribution in [3.8, 4) is 0 Å². The summed E-state index contributed by atoms with van der Waals surface area (Å²) in [6.07, 6.45) is 2.43. The van der Waals surface area contributed by atoms with Gasteiger partial charge in [-0.05, 0) is 51.2 Å². The smallest absolute Gasteiger partial charge is 0.241 e. The molecule has 0 aliphatic heterocycles.